The van der Waals surface area contributed by atoms with Gasteiger partial charge in [-0.25, -0.2) is 9.07 Å². The number of nitro benzene ring substituents is 1. The summed E-state index contributed by atoms with van der Waals surface area (Å²) in [4.78, 5) is 37.6. The molecular weight excluding hydrogens is 515 g/mol. The normalized spacial score (nSPS) is 14.2. The Morgan fingerprint density at radius 3 is 2.33 bits per heavy atom. The average Bonchev–Trinajstić information content (AvgIpc) is 3.34. The Bertz CT molecular complexity index is 1680. The van der Waals surface area contributed by atoms with Crippen LogP contribution in [0.2, 0.25) is 0 Å². The van der Waals surface area contributed by atoms with Crippen LogP contribution < -0.4 is 16.0 Å². The highest BCUT2D eigenvalue weighted by Gasteiger charge is 2.35. The third kappa shape index (κ3) is 5.04. The largest absolute Gasteiger partial charge is 0.343 e. The van der Waals surface area contributed by atoms with Crippen LogP contribution in [0.3, 0.4) is 0 Å². The highest BCUT2D eigenvalue weighted by molar-refractivity contribution is 6.09. The number of carbonyl (C=O) groups excluding carboxylic acids is 2. The molecule has 0 saturated carbocycles. The topological polar surface area (TPSA) is 131 Å². The highest BCUT2D eigenvalue weighted by Crippen LogP contribution is 2.38. The van der Waals surface area contributed by atoms with Crippen molar-refractivity contribution >= 4 is 34.7 Å². The van der Waals surface area contributed by atoms with Crippen LogP contribution in [0.1, 0.15) is 40.0 Å². The molecule has 0 spiro atoms. The third-order valence-electron chi connectivity index (χ3n) is 6.66. The molecule has 0 aliphatic carbocycles. The number of rotatable bonds is 6. The summed E-state index contributed by atoms with van der Waals surface area (Å²) in [5.41, 5.74) is 4.46. The minimum absolute atomic E-state index is 0.0975. The van der Waals surface area contributed by atoms with Gasteiger partial charge in [0.05, 0.1) is 16.7 Å². The molecule has 1 unspecified atom stereocenters. The van der Waals surface area contributed by atoms with E-state index in [-0.39, 0.29) is 11.3 Å². The minimum atomic E-state index is -0.796. The summed E-state index contributed by atoms with van der Waals surface area (Å²) in [5, 5.41) is 24.5. The summed E-state index contributed by atoms with van der Waals surface area (Å²) in [5.74, 6) is -0.970. The van der Waals surface area contributed by atoms with E-state index in [2.05, 4.69) is 21.0 Å². The molecule has 10 nitrogen and oxygen atoms in total. The van der Waals surface area contributed by atoms with E-state index in [1.54, 1.807) is 19.1 Å². The second-order valence-electron chi connectivity index (χ2n) is 9.50. The molecule has 0 radical (unpaired) electrons. The molecule has 0 fully saturated rings. The predicted octanol–water partition coefficient (Wildman–Crippen LogP) is 5.73. The molecule has 1 atom stereocenters. The second kappa shape index (κ2) is 10.4. The molecule has 11 heteroatoms. The Labute approximate surface area is 228 Å². The molecule has 3 N–H and O–H groups in total. The lowest BCUT2D eigenvalue weighted by atomic mass is 9.94. The first kappa shape index (κ1) is 26.3. The van der Waals surface area contributed by atoms with E-state index in [0.29, 0.717) is 34.0 Å². The zero-order chi connectivity index (χ0) is 28.6. The van der Waals surface area contributed by atoms with Crippen LogP contribution in [-0.4, -0.2) is 26.5 Å². The summed E-state index contributed by atoms with van der Waals surface area (Å²) in [6, 6.07) is 16.1. The summed E-state index contributed by atoms with van der Waals surface area (Å²) >= 11 is 0. The Hall–Kier alpha value is -5.32. The lowest BCUT2D eigenvalue weighted by Gasteiger charge is -2.30. The summed E-state index contributed by atoms with van der Waals surface area (Å²) < 4.78 is 14.8. The smallest absolute Gasteiger partial charge is 0.269 e. The molecule has 2 amide bonds. The molecule has 202 valence electrons. The van der Waals surface area contributed by atoms with E-state index >= 15 is 0 Å². The van der Waals surface area contributed by atoms with Gasteiger partial charge in [-0.1, -0.05) is 17.7 Å². The number of benzene rings is 3. The van der Waals surface area contributed by atoms with Crippen molar-refractivity contribution in [2.75, 3.05) is 16.0 Å². The Morgan fingerprint density at radius 2 is 1.68 bits per heavy atom. The number of amides is 2. The fourth-order valence-electron chi connectivity index (χ4n) is 4.68. The molecule has 1 aliphatic rings. The number of non-ortho nitro benzene ring substituents is 1. The first-order chi connectivity index (χ1) is 19.1. The molecule has 5 rings (SSSR count). The van der Waals surface area contributed by atoms with Crippen molar-refractivity contribution in [3.63, 3.8) is 0 Å². The molecule has 0 saturated heterocycles. The van der Waals surface area contributed by atoms with E-state index < -0.39 is 28.6 Å². The Balaban J connectivity index is 1.55. The molecule has 1 aromatic heterocycles. The van der Waals surface area contributed by atoms with Crippen molar-refractivity contribution in [1.82, 2.24) is 9.78 Å². The van der Waals surface area contributed by atoms with Crippen LogP contribution in [0, 0.1) is 29.8 Å². The van der Waals surface area contributed by atoms with Gasteiger partial charge in [0.25, 0.3) is 17.5 Å². The number of allylic oxidation sites excluding steroid dienone is 1. The van der Waals surface area contributed by atoms with Crippen molar-refractivity contribution in [2.45, 2.75) is 26.8 Å². The number of hydrogen-bond donors (Lipinski definition) is 3. The van der Waals surface area contributed by atoms with Gasteiger partial charge in [-0.2, -0.15) is 5.10 Å². The van der Waals surface area contributed by atoms with E-state index in [1.807, 2.05) is 32.0 Å². The van der Waals surface area contributed by atoms with Gasteiger partial charge in [0.2, 0.25) is 0 Å². The van der Waals surface area contributed by atoms with Gasteiger partial charge < -0.3 is 16.0 Å². The number of nitrogens with one attached hydrogen (secondary N) is 3. The summed E-state index contributed by atoms with van der Waals surface area (Å²) in [7, 11) is 0. The SMILES string of the molecule is CC1=C(C(=O)Nc2ccc(C)cc2C)C(c2ccc([N+](=O)[O-])cc2)n2ncc(C(=O)Nc3ccc(F)cc3)c2N1. The standard InChI is InChI=1S/C29H25FN6O4/c1-16-4-13-24(17(2)14-16)34-29(38)25-18(3)32-27-23(28(37)33-21-9-7-20(30)8-10-21)15-31-35(27)26(25)19-5-11-22(12-6-19)36(39)40/h4-15,26,32H,1-3H3,(H,33,37)(H,34,38). The van der Waals surface area contributed by atoms with E-state index in [0.717, 1.165) is 11.1 Å². The molecule has 2 heterocycles. The molecule has 40 heavy (non-hydrogen) atoms. The summed E-state index contributed by atoms with van der Waals surface area (Å²) in [6.07, 6.45) is 1.37. The summed E-state index contributed by atoms with van der Waals surface area (Å²) in [6.45, 7) is 5.58. The monoisotopic (exact) mass is 540 g/mol. The van der Waals surface area contributed by atoms with E-state index in [1.165, 1.54) is 47.3 Å². The number of hydrogen-bond acceptors (Lipinski definition) is 6. The third-order valence-corrected chi connectivity index (χ3v) is 6.66. The van der Waals surface area contributed by atoms with Gasteiger partial charge in [0.15, 0.2) is 0 Å². The van der Waals surface area contributed by atoms with Gasteiger partial charge in [0.1, 0.15) is 23.2 Å². The zero-order valence-corrected chi connectivity index (χ0v) is 21.9. The number of halogens is 1. The Morgan fingerprint density at radius 1 is 0.975 bits per heavy atom. The molecule has 3 aromatic carbocycles. The molecule has 4 aromatic rings. The van der Waals surface area contributed by atoms with Gasteiger partial charge in [-0.15, -0.1) is 0 Å². The maximum Gasteiger partial charge on any atom is 0.269 e. The van der Waals surface area contributed by atoms with Crippen molar-refractivity contribution in [1.29, 1.82) is 0 Å². The molecular formula is C29H25FN6O4. The van der Waals surface area contributed by atoms with Crippen molar-refractivity contribution in [2.24, 2.45) is 0 Å². The lowest BCUT2D eigenvalue weighted by molar-refractivity contribution is -0.384. The number of aromatic nitrogens is 2. The average molecular weight is 541 g/mol. The number of aryl methyl sites for hydroxylation is 2. The first-order valence-electron chi connectivity index (χ1n) is 12.4. The van der Waals surface area contributed by atoms with Crippen molar-refractivity contribution in [3.8, 4) is 0 Å². The number of nitrogens with zero attached hydrogens (tertiary/aromatic N) is 3. The van der Waals surface area contributed by atoms with Crippen LogP contribution in [0.5, 0.6) is 0 Å². The van der Waals surface area contributed by atoms with E-state index in [4.69, 9.17) is 0 Å². The van der Waals surface area contributed by atoms with Crippen LogP contribution in [0.25, 0.3) is 0 Å². The minimum Gasteiger partial charge on any atom is -0.343 e. The lowest BCUT2D eigenvalue weighted by Crippen LogP contribution is -2.32. The van der Waals surface area contributed by atoms with Gasteiger partial charge in [0, 0.05) is 29.2 Å². The van der Waals surface area contributed by atoms with Gasteiger partial charge >= 0.3 is 0 Å². The second-order valence-corrected chi connectivity index (χ2v) is 9.50. The van der Waals surface area contributed by atoms with Gasteiger partial charge in [-0.3, -0.25) is 19.7 Å². The predicted molar refractivity (Wildman–Crippen MR) is 149 cm³/mol. The van der Waals surface area contributed by atoms with E-state index in [9.17, 15) is 24.1 Å². The number of nitro groups is 1. The number of carbonyl (C=O) groups is 2. The maximum atomic E-state index is 13.7. The fraction of sp³-hybridized carbons (Fsp3) is 0.138. The van der Waals surface area contributed by atoms with Gasteiger partial charge in [-0.05, 0) is 74.4 Å². The van der Waals surface area contributed by atoms with Crippen molar-refractivity contribution < 1.29 is 18.9 Å². The first-order valence-corrected chi connectivity index (χ1v) is 12.4. The Kier molecular flexibility index (Phi) is 6.87. The zero-order valence-electron chi connectivity index (χ0n) is 21.9. The maximum absolute atomic E-state index is 13.7. The quantitative estimate of drug-likeness (QED) is 0.212. The fourth-order valence-corrected chi connectivity index (χ4v) is 4.68. The number of fused-ring (bicyclic) bond motifs is 1. The number of anilines is 3. The van der Waals surface area contributed by atoms with Crippen LogP contribution in [0.15, 0.2) is 84.2 Å². The molecule has 1 aliphatic heterocycles. The molecule has 0 bridgehead atoms. The van der Waals surface area contributed by atoms with Crippen LogP contribution in [0.4, 0.5) is 27.3 Å². The highest BCUT2D eigenvalue weighted by atomic mass is 19.1. The van der Waals surface area contributed by atoms with Crippen LogP contribution in [-0.2, 0) is 4.79 Å². The van der Waals surface area contributed by atoms with Crippen LogP contribution >= 0.6 is 0 Å². The van der Waals surface area contributed by atoms with Crippen molar-refractivity contribution in [3.05, 3.63) is 122 Å².